The Hall–Kier alpha value is -1.22. The second-order valence-electron chi connectivity index (χ2n) is 5.13. The van der Waals surface area contributed by atoms with Crippen LogP contribution in [0.25, 0.3) is 0 Å². The van der Waals surface area contributed by atoms with E-state index in [9.17, 15) is 5.11 Å². The van der Waals surface area contributed by atoms with E-state index in [0.29, 0.717) is 11.7 Å². The molecular weight excluding hydrogens is 202 g/mol. The van der Waals surface area contributed by atoms with Gasteiger partial charge in [0.1, 0.15) is 18.1 Å². The molecule has 1 aromatic carbocycles. The van der Waals surface area contributed by atoms with Crippen molar-refractivity contribution in [1.29, 1.82) is 0 Å². The number of phenolic OH excluding ortho intramolecular Hbond substituents is 1. The molecule has 0 unspecified atom stereocenters. The third-order valence-corrected chi connectivity index (χ3v) is 4.26. The van der Waals surface area contributed by atoms with Gasteiger partial charge in [0.25, 0.3) is 0 Å². The van der Waals surface area contributed by atoms with Crippen molar-refractivity contribution in [3.63, 3.8) is 0 Å². The number of hydrogen-bond donors (Lipinski definition) is 1. The fraction of sp³-hybridized carbons (Fsp3) is 0.538. The topological polar surface area (TPSA) is 32.7 Å². The van der Waals surface area contributed by atoms with Crippen LogP contribution in [-0.4, -0.2) is 35.7 Å². The van der Waals surface area contributed by atoms with E-state index >= 15 is 0 Å². The fourth-order valence-electron chi connectivity index (χ4n) is 3.02. The summed E-state index contributed by atoms with van der Waals surface area (Å²) in [6.45, 7) is 4.09. The SMILES string of the molecule is CN1CC[C@H]2c3cc(O)ccc3OC[C@]21C. The number of benzene rings is 1. The van der Waals surface area contributed by atoms with Crippen LogP contribution >= 0.6 is 0 Å². The molecule has 1 N–H and O–H groups in total. The first-order chi connectivity index (χ1) is 7.61. The highest BCUT2D eigenvalue weighted by molar-refractivity contribution is 5.46. The minimum Gasteiger partial charge on any atom is -0.508 e. The van der Waals surface area contributed by atoms with Gasteiger partial charge in [0.15, 0.2) is 0 Å². The van der Waals surface area contributed by atoms with Crippen molar-refractivity contribution in [2.75, 3.05) is 20.2 Å². The maximum absolute atomic E-state index is 9.59. The van der Waals surface area contributed by atoms with Crippen molar-refractivity contribution in [2.45, 2.75) is 24.8 Å². The Labute approximate surface area is 95.6 Å². The first-order valence-electron chi connectivity index (χ1n) is 5.78. The van der Waals surface area contributed by atoms with Crippen molar-refractivity contribution in [2.24, 2.45) is 0 Å². The number of phenols is 1. The quantitative estimate of drug-likeness (QED) is 0.724. The first-order valence-corrected chi connectivity index (χ1v) is 5.78. The second-order valence-corrected chi connectivity index (χ2v) is 5.13. The van der Waals surface area contributed by atoms with Gasteiger partial charge in [-0.2, -0.15) is 0 Å². The normalized spacial score (nSPS) is 33.0. The third-order valence-electron chi connectivity index (χ3n) is 4.26. The molecule has 16 heavy (non-hydrogen) atoms. The Kier molecular flexibility index (Phi) is 1.96. The van der Waals surface area contributed by atoms with Gasteiger partial charge in [0, 0.05) is 11.5 Å². The highest BCUT2D eigenvalue weighted by atomic mass is 16.5. The number of nitrogens with zero attached hydrogens (tertiary/aromatic N) is 1. The van der Waals surface area contributed by atoms with Gasteiger partial charge in [-0.15, -0.1) is 0 Å². The molecule has 0 aliphatic carbocycles. The number of ether oxygens (including phenoxy) is 1. The van der Waals surface area contributed by atoms with Gasteiger partial charge in [-0.05, 0) is 45.1 Å². The molecule has 3 rings (SSSR count). The molecule has 0 aromatic heterocycles. The summed E-state index contributed by atoms with van der Waals surface area (Å²) in [5.41, 5.74) is 1.25. The van der Waals surface area contributed by atoms with Crippen LogP contribution in [0.15, 0.2) is 18.2 Å². The lowest BCUT2D eigenvalue weighted by Crippen LogP contribution is -2.49. The largest absolute Gasteiger partial charge is 0.508 e. The standard InChI is InChI=1S/C13H17NO2/c1-13-8-16-12-4-3-9(15)7-10(12)11(13)5-6-14(13)2/h3-4,7,11,15H,5-6,8H2,1-2H3/t11-,13+/m0/s1. The lowest BCUT2D eigenvalue weighted by molar-refractivity contribution is 0.0834. The molecule has 0 spiro atoms. The number of hydrogen-bond acceptors (Lipinski definition) is 3. The Morgan fingerprint density at radius 2 is 2.31 bits per heavy atom. The average molecular weight is 219 g/mol. The molecule has 2 aliphatic rings. The fourth-order valence-corrected chi connectivity index (χ4v) is 3.02. The zero-order valence-electron chi connectivity index (χ0n) is 9.73. The molecule has 3 heteroatoms. The maximum Gasteiger partial charge on any atom is 0.123 e. The molecule has 0 saturated carbocycles. The molecule has 2 atom stereocenters. The van der Waals surface area contributed by atoms with E-state index in [1.54, 1.807) is 6.07 Å². The molecule has 1 aromatic rings. The lowest BCUT2D eigenvalue weighted by Gasteiger charge is -2.41. The zero-order valence-corrected chi connectivity index (χ0v) is 9.73. The van der Waals surface area contributed by atoms with Crippen molar-refractivity contribution < 1.29 is 9.84 Å². The van der Waals surface area contributed by atoms with Crippen LogP contribution in [0, 0.1) is 0 Å². The summed E-state index contributed by atoms with van der Waals surface area (Å²) >= 11 is 0. The van der Waals surface area contributed by atoms with Gasteiger partial charge in [0.2, 0.25) is 0 Å². The molecule has 86 valence electrons. The van der Waals surface area contributed by atoms with Crippen molar-refractivity contribution in [1.82, 2.24) is 4.90 Å². The van der Waals surface area contributed by atoms with Gasteiger partial charge in [0.05, 0.1) is 5.54 Å². The molecule has 2 aliphatic heterocycles. The van der Waals surface area contributed by atoms with E-state index in [1.165, 1.54) is 0 Å². The summed E-state index contributed by atoms with van der Waals surface area (Å²) in [4.78, 5) is 2.37. The molecule has 1 saturated heterocycles. The first kappa shape index (κ1) is 9.97. The third kappa shape index (κ3) is 1.18. The highest BCUT2D eigenvalue weighted by Gasteiger charge is 2.48. The summed E-state index contributed by atoms with van der Waals surface area (Å²) in [7, 11) is 2.15. The summed E-state index contributed by atoms with van der Waals surface area (Å²) in [6.07, 6.45) is 1.15. The number of rotatable bonds is 0. The summed E-state index contributed by atoms with van der Waals surface area (Å²) < 4.78 is 5.81. The minimum atomic E-state index is 0.0841. The molecule has 0 radical (unpaired) electrons. The Balaban J connectivity index is 2.10. The van der Waals surface area contributed by atoms with E-state index in [4.69, 9.17) is 4.74 Å². The molecular formula is C13H17NO2. The molecule has 3 nitrogen and oxygen atoms in total. The number of fused-ring (bicyclic) bond motifs is 3. The Bertz CT molecular complexity index is 432. The van der Waals surface area contributed by atoms with Crippen LogP contribution < -0.4 is 4.74 Å². The Morgan fingerprint density at radius 1 is 1.50 bits per heavy atom. The van der Waals surface area contributed by atoms with E-state index in [1.807, 2.05) is 12.1 Å². The van der Waals surface area contributed by atoms with Crippen molar-refractivity contribution >= 4 is 0 Å². The van der Waals surface area contributed by atoms with Crippen LogP contribution in [0.3, 0.4) is 0 Å². The van der Waals surface area contributed by atoms with Gasteiger partial charge in [-0.3, -0.25) is 4.90 Å². The monoisotopic (exact) mass is 219 g/mol. The number of likely N-dealkylation sites (N-methyl/N-ethyl adjacent to an activating group) is 1. The van der Waals surface area contributed by atoms with Crippen LogP contribution in [0.1, 0.15) is 24.8 Å². The zero-order chi connectivity index (χ0) is 11.3. The van der Waals surface area contributed by atoms with Crippen LogP contribution in [-0.2, 0) is 0 Å². The Morgan fingerprint density at radius 3 is 3.12 bits per heavy atom. The maximum atomic E-state index is 9.59. The summed E-state index contributed by atoms with van der Waals surface area (Å²) in [5, 5.41) is 9.59. The predicted octanol–water partition coefficient (Wildman–Crippen LogP) is 1.96. The van der Waals surface area contributed by atoms with Gasteiger partial charge < -0.3 is 9.84 Å². The van der Waals surface area contributed by atoms with E-state index in [2.05, 4.69) is 18.9 Å². The van der Waals surface area contributed by atoms with Gasteiger partial charge in [-0.1, -0.05) is 0 Å². The summed E-state index contributed by atoms with van der Waals surface area (Å²) in [6, 6.07) is 5.43. The summed E-state index contributed by atoms with van der Waals surface area (Å²) in [5.74, 6) is 1.75. The number of likely N-dealkylation sites (tertiary alicyclic amines) is 1. The van der Waals surface area contributed by atoms with Crippen LogP contribution in [0.4, 0.5) is 0 Å². The van der Waals surface area contributed by atoms with Gasteiger partial charge >= 0.3 is 0 Å². The smallest absolute Gasteiger partial charge is 0.123 e. The van der Waals surface area contributed by atoms with Crippen LogP contribution in [0.5, 0.6) is 11.5 Å². The molecule has 0 amide bonds. The van der Waals surface area contributed by atoms with Crippen molar-refractivity contribution in [3.8, 4) is 11.5 Å². The molecule has 2 heterocycles. The van der Waals surface area contributed by atoms with Crippen LogP contribution in [0.2, 0.25) is 0 Å². The minimum absolute atomic E-state index is 0.0841. The highest BCUT2D eigenvalue weighted by Crippen LogP contribution is 2.48. The lowest BCUT2D eigenvalue weighted by atomic mass is 9.79. The second kappa shape index (κ2) is 3.14. The van der Waals surface area contributed by atoms with Gasteiger partial charge in [-0.25, -0.2) is 0 Å². The molecule has 1 fully saturated rings. The molecule has 0 bridgehead atoms. The van der Waals surface area contributed by atoms with E-state index in [0.717, 1.165) is 30.9 Å². The van der Waals surface area contributed by atoms with E-state index in [-0.39, 0.29) is 5.54 Å². The van der Waals surface area contributed by atoms with E-state index < -0.39 is 0 Å². The average Bonchev–Trinajstić information content (AvgIpc) is 2.56. The van der Waals surface area contributed by atoms with Crippen molar-refractivity contribution in [3.05, 3.63) is 23.8 Å². The number of aromatic hydroxyl groups is 1. The predicted molar refractivity (Wildman–Crippen MR) is 62.0 cm³/mol.